The van der Waals surface area contributed by atoms with Gasteiger partial charge in [-0.25, -0.2) is 0 Å². The highest BCUT2D eigenvalue weighted by Gasteiger charge is 2.10. The van der Waals surface area contributed by atoms with E-state index in [1.54, 1.807) is 48.5 Å². The number of aromatic nitrogens is 12. The molecule has 0 amide bonds. The third kappa shape index (κ3) is 21.7. The minimum atomic E-state index is 0.0686. The molecular weight excluding hydrogens is 1170 g/mol. The summed E-state index contributed by atoms with van der Waals surface area (Å²) in [7, 11) is 0. The largest absolute Gasteiger partial charge is 0.368 e. The Hall–Kier alpha value is -7.16. The summed E-state index contributed by atoms with van der Waals surface area (Å²) in [5, 5.41) is 22.2. The van der Waals surface area contributed by atoms with Crippen molar-refractivity contribution in [2.24, 2.45) is 0 Å². The zero-order valence-electron chi connectivity index (χ0n) is 41.8. The van der Waals surface area contributed by atoms with Crippen molar-refractivity contribution in [1.82, 2.24) is 59.8 Å². The smallest absolute Gasteiger partial charge is 0.233 e. The molecule has 18 N–H and O–H groups in total. The fourth-order valence-electron chi connectivity index (χ4n) is 5.92. The van der Waals surface area contributed by atoms with E-state index in [-0.39, 0.29) is 47.8 Å². The van der Waals surface area contributed by atoms with Crippen LogP contribution in [0.15, 0.2) is 72.8 Å². The predicted molar refractivity (Wildman–Crippen MR) is 319 cm³/mol. The van der Waals surface area contributed by atoms with Crippen LogP contribution in [0.25, 0.3) is 0 Å². The molecule has 4 aromatic carbocycles. The minimum Gasteiger partial charge on any atom is -0.368 e. The lowest BCUT2D eigenvalue weighted by Gasteiger charge is -2.11. The molecule has 32 heteroatoms. The first-order chi connectivity index (χ1) is 37.0. The Morgan fingerprint density at radius 3 is 1.08 bits per heavy atom. The van der Waals surface area contributed by atoms with Crippen molar-refractivity contribution in [3.63, 3.8) is 0 Å². The Bertz CT molecular complexity index is 3230. The number of hydrogen-bond acceptors (Lipinski definition) is 24. The Kier molecular flexibility index (Phi) is 23.8. The van der Waals surface area contributed by atoms with Gasteiger partial charge in [0.2, 0.25) is 71.4 Å². The van der Waals surface area contributed by atoms with Crippen LogP contribution in [0.5, 0.6) is 0 Å². The van der Waals surface area contributed by atoms with Gasteiger partial charge >= 0.3 is 0 Å². The summed E-state index contributed by atoms with van der Waals surface area (Å²) in [5.41, 5.74) is 36.8. The average molecular weight is 1220 g/mol. The SMILES string of the molecule is CC(C)Nc1nc(N)nc(NCc2ccc(Cl)c(Cl)c2)n1.CC(C)Nc1nc(N)nc(Nc2ccc(Cl)c(Cl)c2)n1.Nc1nc(N)nc(NCCc2ccc(Cl)c(Cl)c2)n1.Nc1nc(N)nc(NCc2ccc(Cl)c(Cl)c2)n1. The topological polar surface area (TPSA) is 383 Å². The standard InChI is InChI=1S/C13H16Cl2N6.C12H14Cl2N6.C11H12Cl2N6.C10H10Cl2N6/c1-7(2)18-13-20-11(16)19-12(21-13)17-6-8-3-4-9(14)10(15)5-8;1-6(2)16-11-18-10(15)19-12(20-11)17-7-3-4-8(13)9(14)5-7;12-7-2-1-6(5-8(7)13)3-4-16-11-18-9(14)17-10(15)19-11;11-6-2-1-5(3-7(6)12)4-15-10-17-8(13)16-9(14)18-10/h3-5,7H,6H2,1-2H3,(H4,16,17,18,19,20,21);3-6H,1-2H3,(H4,15,16,17,18,19,20);1-2,5H,3-4H2,(H5,14,15,16,17,18,19);1-3H,4H2,(H5,13,14,15,16,17,18). The lowest BCUT2D eigenvalue weighted by atomic mass is 10.1. The van der Waals surface area contributed by atoms with Crippen LogP contribution < -0.4 is 66.3 Å². The molecule has 0 saturated carbocycles. The highest BCUT2D eigenvalue weighted by molar-refractivity contribution is 6.43. The number of hydrogen-bond donors (Lipinski definition) is 12. The van der Waals surface area contributed by atoms with Crippen LogP contribution in [0.2, 0.25) is 40.2 Å². The van der Waals surface area contributed by atoms with E-state index in [4.69, 9.17) is 127 Å². The summed E-state index contributed by atoms with van der Waals surface area (Å²) < 4.78 is 0. The highest BCUT2D eigenvalue weighted by atomic mass is 35.5. The summed E-state index contributed by atoms with van der Waals surface area (Å²) in [5.74, 6) is 2.85. The number of rotatable bonds is 16. The molecule has 0 spiro atoms. The van der Waals surface area contributed by atoms with E-state index in [9.17, 15) is 0 Å². The molecule has 0 aliphatic carbocycles. The van der Waals surface area contributed by atoms with Gasteiger partial charge in [0.1, 0.15) is 0 Å². The molecule has 4 aromatic heterocycles. The number of nitrogens with zero attached hydrogens (tertiary/aromatic N) is 12. The van der Waals surface area contributed by atoms with E-state index in [1.807, 2.05) is 52.0 Å². The van der Waals surface area contributed by atoms with Gasteiger partial charge in [-0.3, -0.25) is 0 Å². The first-order valence-electron chi connectivity index (χ1n) is 22.8. The molecule has 0 aliphatic rings. The number of anilines is 13. The number of halogens is 8. The van der Waals surface area contributed by atoms with Gasteiger partial charge in [-0.05, 0) is 105 Å². The van der Waals surface area contributed by atoms with Crippen molar-refractivity contribution in [1.29, 1.82) is 0 Å². The van der Waals surface area contributed by atoms with Gasteiger partial charge in [0.15, 0.2) is 0 Å². The molecule has 0 saturated heterocycles. The molecule has 412 valence electrons. The number of nitrogens with one attached hydrogen (secondary N) is 6. The van der Waals surface area contributed by atoms with Gasteiger partial charge < -0.3 is 66.3 Å². The second-order valence-electron chi connectivity index (χ2n) is 16.4. The van der Waals surface area contributed by atoms with Crippen molar-refractivity contribution >= 4 is 170 Å². The van der Waals surface area contributed by atoms with Gasteiger partial charge in [-0.2, -0.15) is 59.8 Å². The normalized spacial score (nSPS) is 10.5. The van der Waals surface area contributed by atoms with Gasteiger partial charge in [-0.15, -0.1) is 0 Å². The van der Waals surface area contributed by atoms with E-state index in [0.717, 1.165) is 23.1 Å². The fourth-order valence-corrected chi connectivity index (χ4v) is 7.18. The fraction of sp³-hybridized carbons (Fsp3) is 0.217. The molecular formula is C46H52Cl8N24. The molecule has 0 fully saturated rings. The maximum atomic E-state index is 5.97. The maximum absolute atomic E-state index is 5.97. The molecule has 8 aromatic rings. The molecule has 0 radical (unpaired) electrons. The molecule has 24 nitrogen and oxygen atoms in total. The number of nitrogens with two attached hydrogens (primary N) is 6. The molecule has 78 heavy (non-hydrogen) atoms. The van der Waals surface area contributed by atoms with Crippen molar-refractivity contribution < 1.29 is 0 Å². The van der Waals surface area contributed by atoms with E-state index >= 15 is 0 Å². The number of nitrogen functional groups attached to an aromatic ring is 6. The first-order valence-corrected chi connectivity index (χ1v) is 25.8. The Labute approximate surface area is 488 Å². The van der Waals surface area contributed by atoms with E-state index in [2.05, 4.69) is 91.7 Å². The van der Waals surface area contributed by atoms with Crippen molar-refractivity contribution in [3.05, 3.63) is 130 Å². The van der Waals surface area contributed by atoms with Crippen LogP contribution in [-0.4, -0.2) is 78.4 Å². The Morgan fingerprint density at radius 2 is 0.667 bits per heavy atom. The van der Waals surface area contributed by atoms with E-state index < -0.39 is 0 Å². The lowest BCUT2D eigenvalue weighted by Crippen LogP contribution is -2.15. The zero-order valence-corrected chi connectivity index (χ0v) is 47.8. The summed E-state index contributed by atoms with van der Waals surface area (Å²) in [6, 6.07) is 21.7. The summed E-state index contributed by atoms with van der Waals surface area (Å²) in [6.07, 6.45) is 0.738. The van der Waals surface area contributed by atoms with E-state index in [0.29, 0.717) is 101 Å². The molecule has 0 unspecified atom stereocenters. The Morgan fingerprint density at radius 1 is 0.346 bits per heavy atom. The molecule has 4 heterocycles. The maximum Gasteiger partial charge on any atom is 0.233 e. The van der Waals surface area contributed by atoms with Crippen LogP contribution >= 0.6 is 92.8 Å². The van der Waals surface area contributed by atoms with Crippen molar-refractivity contribution in [3.8, 4) is 0 Å². The second kappa shape index (κ2) is 30.1. The molecule has 0 bridgehead atoms. The lowest BCUT2D eigenvalue weighted by molar-refractivity contribution is 0.867. The molecule has 8 rings (SSSR count). The molecule has 0 aliphatic heterocycles. The van der Waals surface area contributed by atoms with Crippen LogP contribution in [-0.2, 0) is 19.5 Å². The van der Waals surface area contributed by atoms with Gasteiger partial charge in [0.05, 0.1) is 40.2 Å². The van der Waals surface area contributed by atoms with Crippen molar-refractivity contribution in [2.45, 2.75) is 59.3 Å². The predicted octanol–water partition coefficient (Wildman–Crippen LogP) is 10.5. The third-order valence-electron chi connectivity index (χ3n) is 9.21. The first kappa shape index (κ1) is 61.7. The summed E-state index contributed by atoms with van der Waals surface area (Å²) in [6.45, 7) is 9.52. The molecule has 0 atom stereocenters. The highest BCUT2D eigenvalue weighted by Crippen LogP contribution is 2.28. The zero-order chi connectivity index (χ0) is 57.1. The summed E-state index contributed by atoms with van der Waals surface area (Å²) in [4.78, 5) is 47.5. The number of benzene rings is 4. The van der Waals surface area contributed by atoms with E-state index in [1.165, 1.54) is 0 Å². The van der Waals surface area contributed by atoms with Crippen LogP contribution in [0, 0.1) is 0 Å². The average Bonchev–Trinajstić information content (AvgIpc) is 3.34. The van der Waals surface area contributed by atoms with Crippen LogP contribution in [0.1, 0.15) is 44.4 Å². The quantitative estimate of drug-likeness (QED) is 0.0427. The monoisotopic (exact) mass is 1220 g/mol. The summed E-state index contributed by atoms with van der Waals surface area (Å²) >= 11 is 47.2. The minimum absolute atomic E-state index is 0.0686. The van der Waals surface area contributed by atoms with Gasteiger partial charge in [0.25, 0.3) is 0 Å². The van der Waals surface area contributed by atoms with Crippen LogP contribution in [0.3, 0.4) is 0 Å². The van der Waals surface area contributed by atoms with Gasteiger partial charge in [-0.1, -0.05) is 111 Å². The van der Waals surface area contributed by atoms with Crippen LogP contribution in [0.4, 0.5) is 77.1 Å². The van der Waals surface area contributed by atoms with Gasteiger partial charge in [0, 0.05) is 37.4 Å². The third-order valence-corrected chi connectivity index (χ3v) is 12.2. The van der Waals surface area contributed by atoms with Crippen molar-refractivity contribution in [2.75, 3.05) is 72.8 Å². The second-order valence-corrected chi connectivity index (χ2v) is 19.7. The Balaban J connectivity index is 0.000000192.